The number of benzene rings is 2. The van der Waals surface area contributed by atoms with E-state index in [1.54, 1.807) is 12.1 Å². The number of aryl methyl sites for hydroxylation is 1. The molecule has 24 heavy (non-hydrogen) atoms. The van der Waals surface area contributed by atoms with Crippen LogP contribution in [0, 0.1) is 19.7 Å². The molecule has 0 saturated carbocycles. The average molecular weight is 345 g/mol. The normalized spacial score (nSPS) is 14.6. The lowest BCUT2D eigenvalue weighted by atomic mass is 10.1. The highest BCUT2D eigenvalue weighted by Gasteiger charge is 2.40. The molecule has 0 bridgehead atoms. The zero-order valence-electron chi connectivity index (χ0n) is 13.1. The van der Waals surface area contributed by atoms with Crippen molar-refractivity contribution in [2.45, 2.75) is 13.8 Å². The van der Waals surface area contributed by atoms with Crippen LogP contribution in [0.25, 0.3) is 0 Å². The van der Waals surface area contributed by atoms with Gasteiger partial charge in [0.1, 0.15) is 16.5 Å². The Kier molecular flexibility index (Phi) is 4.11. The van der Waals surface area contributed by atoms with E-state index in [0.717, 1.165) is 16.0 Å². The molecule has 6 heteroatoms. The van der Waals surface area contributed by atoms with Gasteiger partial charge in [-0.3, -0.25) is 9.59 Å². The summed E-state index contributed by atoms with van der Waals surface area (Å²) < 4.78 is 14.0. The Balaban J connectivity index is 1.98. The van der Waals surface area contributed by atoms with Crippen LogP contribution in [-0.4, -0.2) is 11.8 Å². The van der Waals surface area contributed by atoms with Crippen LogP contribution in [0.5, 0.6) is 0 Å². The van der Waals surface area contributed by atoms with E-state index in [0.29, 0.717) is 5.69 Å². The number of nitrogens with one attached hydrogen (secondary N) is 1. The van der Waals surface area contributed by atoms with Crippen molar-refractivity contribution in [2.75, 3.05) is 10.2 Å². The lowest BCUT2D eigenvalue weighted by molar-refractivity contribution is -0.120. The quantitative estimate of drug-likeness (QED) is 0.860. The lowest BCUT2D eigenvalue weighted by Crippen LogP contribution is -2.33. The smallest absolute Gasteiger partial charge is 0.283 e. The fraction of sp³-hybridized carbons (Fsp3) is 0.111. The molecule has 0 fully saturated rings. The molecule has 2 aromatic rings. The molecule has 0 unspecified atom stereocenters. The van der Waals surface area contributed by atoms with Crippen LogP contribution in [0.4, 0.5) is 15.8 Å². The first-order valence-electron chi connectivity index (χ1n) is 7.28. The monoisotopic (exact) mass is 344 g/mol. The van der Waals surface area contributed by atoms with Crippen molar-refractivity contribution in [1.82, 2.24) is 0 Å². The van der Waals surface area contributed by atoms with E-state index in [9.17, 15) is 14.0 Å². The number of hydrogen-bond donors (Lipinski definition) is 1. The van der Waals surface area contributed by atoms with Crippen molar-refractivity contribution in [2.24, 2.45) is 0 Å². The molecule has 0 spiro atoms. The topological polar surface area (TPSA) is 49.4 Å². The predicted octanol–water partition coefficient (Wildman–Crippen LogP) is 3.88. The minimum Gasteiger partial charge on any atom is -0.349 e. The van der Waals surface area contributed by atoms with Crippen molar-refractivity contribution in [1.29, 1.82) is 0 Å². The first kappa shape index (κ1) is 16.2. The molecule has 0 saturated heterocycles. The molecule has 0 aromatic heterocycles. The van der Waals surface area contributed by atoms with Gasteiger partial charge in [0.2, 0.25) is 0 Å². The third-order valence-corrected chi connectivity index (χ3v) is 4.34. The molecule has 1 aliphatic rings. The van der Waals surface area contributed by atoms with Crippen molar-refractivity contribution in [3.63, 3.8) is 0 Å². The van der Waals surface area contributed by atoms with Crippen LogP contribution < -0.4 is 10.2 Å². The fourth-order valence-corrected chi connectivity index (χ4v) is 2.70. The first-order chi connectivity index (χ1) is 11.4. The summed E-state index contributed by atoms with van der Waals surface area (Å²) in [6, 6.07) is 11.1. The number of anilines is 2. The molecule has 1 aliphatic heterocycles. The van der Waals surface area contributed by atoms with Crippen molar-refractivity contribution in [3.05, 3.63) is 70.1 Å². The van der Waals surface area contributed by atoms with Crippen LogP contribution in [0.15, 0.2) is 53.2 Å². The van der Waals surface area contributed by atoms with Gasteiger partial charge < -0.3 is 5.32 Å². The van der Waals surface area contributed by atoms with Gasteiger partial charge >= 0.3 is 0 Å². The van der Waals surface area contributed by atoms with Gasteiger partial charge in [-0.15, -0.1) is 0 Å². The Morgan fingerprint density at radius 3 is 2.42 bits per heavy atom. The van der Waals surface area contributed by atoms with Crippen molar-refractivity contribution in [3.8, 4) is 0 Å². The van der Waals surface area contributed by atoms with Gasteiger partial charge in [-0.2, -0.15) is 0 Å². The molecule has 3 rings (SSSR count). The summed E-state index contributed by atoms with van der Waals surface area (Å²) in [6.45, 7) is 3.83. The number of nitrogens with zero attached hydrogens (tertiary/aromatic N) is 1. The number of amides is 2. The van der Waals surface area contributed by atoms with E-state index in [1.807, 2.05) is 26.0 Å². The number of carbonyl (C=O) groups is 2. The van der Waals surface area contributed by atoms with Gasteiger partial charge in [-0.1, -0.05) is 35.9 Å². The maximum absolute atomic E-state index is 14.0. The number of hydrogen-bond acceptors (Lipinski definition) is 3. The third kappa shape index (κ3) is 2.57. The van der Waals surface area contributed by atoms with E-state index in [2.05, 4.69) is 5.32 Å². The van der Waals surface area contributed by atoms with Crippen LogP contribution in [0.1, 0.15) is 11.1 Å². The summed E-state index contributed by atoms with van der Waals surface area (Å²) in [5, 5.41) is 2.65. The Morgan fingerprint density at radius 1 is 1.00 bits per heavy atom. The van der Waals surface area contributed by atoms with Crippen LogP contribution in [0.3, 0.4) is 0 Å². The lowest BCUT2D eigenvalue weighted by Gasteiger charge is -2.16. The first-order valence-corrected chi connectivity index (χ1v) is 7.66. The number of para-hydroxylation sites is 1. The molecular weight excluding hydrogens is 331 g/mol. The van der Waals surface area contributed by atoms with Gasteiger partial charge in [-0.25, -0.2) is 9.29 Å². The second-order valence-corrected chi connectivity index (χ2v) is 5.84. The highest BCUT2D eigenvalue weighted by molar-refractivity contribution is 6.53. The number of carbonyl (C=O) groups excluding carboxylic acids is 2. The van der Waals surface area contributed by atoms with E-state index < -0.39 is 17.6 Å². The van der Waals surface area contributed by atoms with E-state index in [1.165, 1.54) is 18.2 Å². The molecule has 2 aromatic carbocycles. The van der Waals surface area contributed by atoms with Gasteiger partial charge in [0.05, 0.1) is 5.69 Å². The maximum atomic E-state index is 14.0. The Morgan fingerprint density at radius 2 is 1.71 bits per heavy atom. The summed E-state index contributed by atoms with van der Waals surface area (Å²) >= 11 is 6.05. The SMILES string of the molecule is Cc1cccc(NC2=C(Cl)C(=O)N(c3ccccc3F)C2=O)c1C. The Labute approximate surface area is 143 Å². The molecule has 4 nitrogen and oxygen atoms in total. The van der Waals surface area contributed by atoms with E-state index in [-0.39, 0.29) is 16.4 Å². The molecule has 0 radical (unpaired) electrons. The highest BCUT2D eigenvalue weighted by atomic mass is 35.5. The van der Waals surface area contributed by atoms with Crippen molar-refractivity contribution >= 4 is 34.8 Å². The van der Waals surface area contributed by atoms with Crippen LogP contribution in [0.2, 0.25) is 0 Å². The minimum atomic E-state index is -0.750. The molecule has 0 atom stereocenters. The second-order valence-electron chi connectivity index (χ2n) is 5.46. The van der Waals surface area contributed by atoms with E-state index >= 15 is 0 Å². The van der Waals surface area contributed by atoms with Crippen LogP contribution in [-0.2, 0) is 9.59 Å². The zero-order valence-corrected chi connectivity index (χ0v) is 13.8. The third-order valence-electron chi connectivity index (χ3n) is 3.98. The Hall–Kier alpha value is -2.66. The van der Waals surface area contributed by atoms with Gasteiger partial charge in [0.15, 0.2) is 0 Å². The number of rotatable bonds is 3. The molecule has 0 aliphatic carbocycles. The standard InChI is InChI=1S/C18H14ClFN2O2/c1-10-6-5-8-13(11(10)2)21-16-15(19)17(23)22(18(16)24)14-9-4-3-7-12(14)20/h3-9,21H,1-2H3. The maximum Gasteiger partial charge on any atom is 0.283 e. The molecule has 1 N–H and O–H groups in total. The van der Waals surface area contributed by atoms with Crippen LogP contribution >= 0.6 is 11.6 Å². The predicted molar refractivity (Wildman–Crippen MR) is 91.3 cm³/mol. The summed E-state index contributed by atoms with van der Waals surface area (Å²) in [6.07, 6.45) is 0. The molecular formula is C18H14ClFN2O2. The minimum absolute atomic E-state index is 0.0568. The Bertz CT molecular complexity index is 892. The summed E-state index contributed by atoms with van der Waals surface area (Å²) in [4.78, 5) is 25.7. The summed E-state index contributed by atoms with van der Waals surface area (Å²) in [7, 11) is 0. The number of imide groups is 1. The van der Waals surface area contributed by atoms with Crippen molar-refractivity contribution < 1.29 is 14.0 Å². The van der Waals surface area contributed by atoms with E-state index in [4.69, 9.17) is 11.6 Å². The van der Waals surface area contributed by atoms with Gasteiger partial charge in [0, 0.05) is 5.69 Å². The molecule has 122 valence electrons. The fourth-order valence-electron chi connectivity index (χ4n) is 2.48. The molecule has 1 heterocycles. The summed E-state index contributed by atoms with van der Waals surface area (Å²) in [5.41, 5.74) is 2.44. The second kappa shape index (κ2) is 6.09. The zero-order chi connectivity index (χ0) is 17.4. The highest BCUT2D eigenvalue weighted by Crippen LogP contribution is 2.32. The van der Waals surface area contributed by atoms with Gasteiger partial charge in [-0.05, 0) is 43.2 Å². The largest absolute Gasteiger partial charge is 0.349 e. The molecule has 2 amide bonds. The average Bonchev–Trinajstić information content (AvgIpc) is 2.76. The van der Waals surface area contributed by atoms with Gasteiger partial charge in [0.25, 0.3) is 11.8 Å². The number of halogens is 2. The summed E-state index contributed by atoms with van der Waals surface area (Å²) in [5.74, 6) is -2.10.